The third kappa shape index (κ3) is 4.28. The second kappa shape index (κ2) is 9.80. The lowest BCUT2D eigenvalue weighted by atomic mass is 10.00. The number of Topliss-reactive ketones (excluding diaryl/α,β-unsaturated/α-hetero) is 1. The zero-order valence-electron chi connectivity index (χ0n) is 19.0. The fourth-order valence-corrected chi connectivity index (χ4v) is 5.15. The van der Waals surface area contributed by atoms with Gasteiger partial charge in [0, 0.05) is 16.8 Å². The molecule has 1 aromatic carbocycles. The number of rotatable bonds is 10. The number of methoxy groups -OCH3 is 1. The van der Waals surface area contributed by atoms with Crippen molar-refractivity contribution < 1.29 is 23.8 Å². The molecule has 1 aliphatic rings. The van der Waals surface area contributed by atoms with Crippen LogP contribution in [0.1, 0.15) is 41.7 Å². The third-order valence-electron chi connectivity index (χ3n) is 6.08. The Kier molecular flexibility index (Phi) is 6.85. The molecule has 8 heteroatoms. The predicted octanol–water partition coefficient (Wildman–Crippen LogP) is 4.81. The zero-order chi connectivity index (χ0) is 23.5. The molecule has 4 rings (SSSR count). The number of aliphatic hydroxyl groups excluding tert-OH is 1. The normalized spacial score (nSPS) is 16.4. The number of ether oxygens (including phenoxy) is 1. The highest BCUT2D eigenvalue weighted by molar-refractivity contribution is 7.10. The Balaban J connectivity index is 1.67. The van der Waals surface area contributed by atoms with E-state index in [1.54, 1.807) is 17.0 Å². The van der Waals surface area contributed by atoms with Crippen LogP contribution >= 0.6 is 11.3 Å². The number of hydrogen-bond donors (Lipinski definition) is 1. The van der Waals surface area contributed by atoms with E-state index in [-0.39, 0.29) is 11.3 Å². The van der Waals surface area contributed by atoms with Gasteiger partial charge >= 0.3 is 0 Å². The molecule has 0 saturated heterocycles. The number of amides is 1. The number of fused-ring (bicyclic) bond motifs is 1. The van der Waals surface area contributed by atoms with Crippen LogP contribution in [0.3, 0.4) is 0 Å². The van der Waals surface area contributed by atoms with Crippen molar-refractivity contribution in [2.45, 2.75) is 26.3 Å². The van der Waals surface area contributed by atoms with Crippen LogP contribution < -0.4 is 4.74 Å². The largest absolute Gasteiger partial charge is 0.503 e. The number of nitrogens with zero attached hydrogens (tertiary/aromatic N) is 2. The van der Waals surface area contributed by atoms with Gasteiger partial charge in [-0.05, 0) is 49.6 Å². The van der Waals surface area contributed by atoms with Crippen molar-refractivity contribution >= 4 is 34.0 Å². The van der Waals surface area contributed by atoms with Crippen LogP contribution in [0.2, 0.25) is 0 Å². The Morgan fingerprint density at radius 2 is 2.03 bits per heavy atom. The van der Waals surface area contributed by atoms with Crippen LogP contribution in [-0.4, -0.2) is 59.9 Å². The molecule has 7 nitrogen and oxygen atoms in total. The molecular weight excluding hydrogens is 440 g/mol. The maximum atomic E-state index is 13.6. The summed E-state index contributed by atoms with van der Waals surface area (Å²) in [5, 5.41) is 13.4. The Bertz CT molecular complexity index is 1180. The molecule has 2 aromatic heterocycles. The lowest BCUT2D eigenvalue weighted by Crippen LogP contribution is -2.34. The van der Waals surface area contributed by atoms with Gasteiger partial charge in [-0.3, -0.25) is 9.59 Å². The number of ketones is 1. The Morgan fingerprint density at radius 1 is 1.24 bits per heavy atom. The van der Waals surface area contributed by atoms with Crippen LogP contribution in [0.5, 0.6) is 5.75 Å². The van der Waals surface area contributed by atoms with Crippen molar-refractivity contribution in [2.24, 2.45) is 0 Å². The highest BCUT2D eigenvalue weighted by atomic mass is 32.1. The van der Waals surface area contributed by atoms with Gasteiger partial charge in [0.2, 0.25) is 5.78 Å². The summed E-state index contributed by atoms with van der Waals surface area (Å²) in [5.41, 5.74) is 0.514. The number of aliphatic hydroxyl groups is 1. The summed E-state index contributed by atoms with van der Waals surface area (Å²) in [6.07, 6.45) is 0.742. The number of para-hydroxylation sites is 1. The molecule has 1 amide bonds. The van der Waals surface area contributed by atoms with E-state index in [9.17, 15) is 14.7 Å². The fraction of sp³-hybridized carbons (Fsp3) is 0.360. The zero-order valence-corrected chi connectivity index (χ0v) is 19.9. The highest BCUT2D eigenvalue weighted by Gasteiger charge is 2.44. The van der Waals surface area contributed by atoms with E-state index >= 15 is 0 Å². The van der Waals surface area contributed by atoms with E-state index in [1.165, 1.54) is 18.4 Å². The smallest absolute Gasteiger partial charge is 0.290 e. The van der Waals surface area contributed by atoms with E-state index in [1.807, 2.05) is 29.6 Å². The molecule has 1 aliphatic heterocycles. The van der Waals surface area contributed by atoms with Gasteiger partial charge in [0.05, 0.1) is 18.7 Å². The van der Waals surface area contributed by atoms with Gasteiger partial charge in [-0.15, -0.1) is 11.3 Å². The third-order valence-corrected chi connectivity index (χ3v) is 7.01. The van der Waals surface area contributed by atoms with Crippen molar-refractivity contribution in [3.05, 3.63) is 63.7 Å². The summed E-state index contributed by atoms with van der Waals surface area (Å²) in [4.78, 5) is 31.3. The van der Waals surface area contributed by atoms with Crippen molar-refractivity contribution in [2.75, 3.05) is 33.3 Å². The van der Waals surface area contributed by atoms with Gasteiger partial charge in [0.1, 0.15) is 0 Å². The van der Waals surface area contributed by atoms with Crippen molar-refractivity contribution in [3.8, 4) is 5.75 Å². The standard InChI is InChI=1S/C25H28N2O5S/c1-4-26(5-2)12-8-13-27-21(19-11-7-14-33-19)20(23(29)25(27)30)22(28)18-15-16-9-6-10-17(31-3)24(16)32-18/h6-7,9-11,14-15,21,29H,4-5,8,12-13H2,1-3H3/t21-/m1/s1. The fourth-order valence-electron chi connectivity index (χ4n) is 4.31. The van der Waals surface area contributed by atoms with E-state index in [0.717, 1.165) is 30.9 Å². The van der Waals surface area contributed by atoms with Crippen LogP contribution in [0.4, 0.5) is 0 Å². The van der Waals surface area contributed by atoms with E-state index in [4.69, 9.17) is 9.15 Å². The quantitative estimate of drug-likeness (QED) is 0.430. The summed E-state index contributed by atoms with van der Waals surface area (Å²) in [6, 6.07) is 10.1. The van der Waals surface area contributed by atoms with Gasteiger partial charge in [0.25, 0.3) is 5.91 Å². The van der Waals surface area contributed by atoms with Crippen molar-refractivity contribution in [1.29, 1.82) is 0 Å². The molecule has 0 bridgehead atoms. The first-order valence-corrected chi connectivity index (χ1v) is 12.0. The maximum Gasteiger partial charge on any atom is 0.290 e. The molecule has 0 spiro atoms. The van der Waals surface area contributed by atoms with Gasteiger partial charge in [-0.1, -0.05) is 32.0 Å². The average molecular weight is 469 g/mol. The van der Waals surface area contributed by atoms with Gasteiger partial charge in [-0.25, -0.2) is 0 Å². The Hall–Kier alpha value is -3.10. The molecule has 174 valence electrons. The Labute approximate surface area is 196 Å². The highest BCUT2D eigenvalue weighted by Crippen LogP contribution is 2.41. The second-order valence-corrected chi connectivity index (χ2v) is 8.86. The van der Waals surface area contributed by atoms with E-state index < -0.39 is 23.5 Å². The van der Waals surface area contributed by atoms with Gasteiger partial charge in [-0.2, -0.15) is 0 Å². The number of carbonyl (C=O) groups is 2. The predicted molar refractivity (Wildman–Crippen MR) is 128 cm³/mol. The number of benzene rings is 1. The van der Waals surface area contributed by atoms with Crippen LogP contribution in [0, 0.1) is 0 Å². The minimum atomic E-state index is -0.642. The van der Waals surface area contributed by atoms with E-state index in [2.05, 4.69) is 18.7 Å². The van der Waals surface area contributed by atoms with Gasteiger partial charge in [0.15, 0.2) is 22.9 Å². The number of thiophene rings is 1. The molecule has 0 fully saturated rings. The molecule has 3 aromatic rings. The molecule has 0 radical (unpaired) electrons. The number of hydrogen-bond acceptors (Lipinski definition) is 7. The monoisotopic (exact) mass is 468 g/mol. The lowest BCUT2D eigenvalue weighted by molar-refractivity contribution is -0.129. The molecule has 0 aliphatic carbocycles. The summed E-state index contributed by atoms with van der Waals surface area (Å²) < 4.78 is 11.2. The number of furan rings is 1. The molecule has 1 atom stereocenters. The summed E-state index contributed by atoms with van der Waals surface area (Å²) in [6.45, 7) is 7.34. The topological polar surface area (TPSA) is 83.2 Å². The summed E-state index contributed by atoms with van der Waals surface area (Å²) >= 11 is 1.45. The minimum absolute atomic E-state index is 0.0586. The molecule has 3 heterocycles. The van der Waals surface area contributed by atoms with Gasteiger partial charge < -0.3 is 24.1 Å². The molecule has 1 N–H and O–H groups in total. The molecule has 0 unspecified atom stereocenters. The summed E-state index contributed by atoms with van der Waals surface area (Å²) in [5.74, 6) is -0.946. The molecular formula is C25H28N2O5S. The maximum absolute atomic E-state index is 13.6. The van der Waals surface area contributed by atoms with Crippen molar-refractivity contribution in [3.63, 3.8) is 0 Å². The first-order chi connectivity index (χ1) is 16.0. The number of carbonyl (C=O) groups excluding carboxylic acids is 2. The van der Waals surface area contributed by atoms with Crippen molar-refractivity contribution in [1.82, 2.24) is 9.80 Å². The Morgan fingerprint density at radius 3 is 2.70 bits per heavy atom. The van der Waals surface area contributed by atoms with Crippen LogP contribution in [0.15, 0.2) is 57.5 Å². The molecule has 33 heavy (non-hydrogen) atoms. The first-order valence-electron chi connectivity index (χ1n) is 11.1. The molecule has 0 saturated carbocycles. The lowest BCUT2D eigenvalue weighted by Gasteiger charge is -2.27. The average Bonchev–Trinajstić information content (AvgIpc) is 3.56. The van der Waals surface area contributed by atoms with E-state index in [0.29, 0.717) is 23.3 Å². The SMILES string of the molecule is CCN(CC)CCCN1C(=O)C(O)=C(C(=O)c2cc3cccc(OC)c3o2)[C@H]1c1cccs1. The first kappa shape index (κ1) is 23.1. The second-order valence-electron chi connectivity index (χ2n) is 7.88. The van der Waals surface area contributed by atoms with Crippen LogP contribution in [-0.2, 0) is 4.79 Å². The van der Waals surface area contributed by atoms with Crippen LogP contribution in [0.25, 0.3) is 11.0 Å². The summed E-state index contributed by atoms with van der Waals surface area (Å²) in [7, 11) is 1.53. The minimum Gasteiger partial charge on any atom is -0.503 e.